The third-order valence-corrected chi connectivity index (χ3v) is 4.42. The summed E-state index contributed by atoms with van der Waals surface area (Å²) in [4.78, 5) is 40.5. The van der Waals surface area contributed by atoms with Gasteiger partial charge in [-0.25, -0.2) is 9.78 Å². The fourth-order valence-corrected chi connectivity index (χ4v) is 3.34. The van der Waals surface area contributed by atoms with Gasteiger partial charge in [0, 0.05) is 13.6 Å². The average molecular weight is 336 g/mol. The summed E-state index contributed by atoms with van der Waals surface area (Å²) >= 11 is 0. The summed E-state index contributed by atoms with van der Waals surface area (Å²) in [5.41, 5.74) is 0.600. The summed E-state index contributed by atoms with van der Waals surface area (Å²) < 4.78 is 1.47. The normalized spacial score (nSPS) is 20.5. The number of amides is 2. The lowest BCUT2D eigenvalue weighted by atomic mass is 9.76. The number of nitrogens with one attached hydrogen (secondary N) is 1. The molecule has 0 aromatic carbocycles. The third kappa shape index (κ3) is 3.00. The summed E-state index contributed by atoms with van der Waals surface area (Å²) in [6.07, 6.45) is 0.154. The zero-order chi connectivity index (χ0) is 18.2. The van der Waals surface area contributed by atoms with Gasteiger partial charge in [0.25, 0.3) is 5.91 Å². The summed E-state index contributed by atoms with van der Waals surface area (Å²) in [5.74, 6) is -0.135. The smallest absolute Gasteiger partial charge is 0.407 e. The van der Waals surface area contributed by atoms with E-state index in [0.717, 1.165) is 0 Å². The van der Waals surface area contributed by atoms with E-state index in [2.05, 4.69) is 10.3 Å². The van der Waals surface area contributed by atoms with Crippen LogP contribution in [0, 0.1) is 5.41 Å². The van der Waals surface area contributed by atoms with Crippen molar-refractivity contribution in [2.24, 2.45) is 12.5 Å². The molecule has 0 spiro atoms. The SMILES string of the molecule is CCc1nc(C=O)n(C)c1C(=O)NC1CN(C(=O)O)C1C(C)(C)C. The van der Waals surface area contributed by atoms with Crippen molar-refractivity contribution in [1.82, 2.24) is 19.8 Å². The third-order valence-electron chi connectivity index (χ3n) is 4.42. The van der Waals surface area contributed by atoms with E-state index in [1.54, 1.807) is 7.05 Å². The number of rotatable bonds is 4. The Hall–Kier alpha value is -2.38. The van der Waals surface area contributed by atoms with Crippen molar-refractivity contribution in [3.63, 3.8) is 0 Å². The maximum absolute atomic E-state index is 12.7. The Bertz CT molecular complexity index is 674. The predicted molar refractivity (Wildman–Crippen MR) is 87.2 cm³/mol. The Morgan fingerprint density at radius 1 is 1.42 bits per heavy atom. The molecule has 8 nitrogen and oxygen atoms in total. The van der Waals surface area contributed by atoms with Crippen molar-refractivity contribution in [3.8, 4) is 0 Å². The van der Waals surface area contributed by atoms with Gasteiger partial charge in [0.2, 0.25) is 0 Å². The van der Waals surface area contributed by atoms with Crippen LogP contribution in [-0.4, -0.2) is 56.5 Å². The molecule has 8 heteroatoms. The van der Waals surface area contributed by atoms with Crippen LogP contribution in [0.5, 0.6) is 0 Å². The van der Waals surface area contributed by atoms with Gasteiger partial charge < -0.3 is 19.9 Å². The molecule has 0 aliphatic carbocycles. The molecule has 2 heterocycles. The van der Waals surface area contributed by atoms with Gasteiger partial charge >= 0.3 is 6.09 Å². The minimum Gasteiger partial charge on any atom is -0.465 e. The van der Waals surface area contributed by atoms with E-state index in [-0.39, 0.29) is 35.8 Å². The first-order valence-electron chi connectivity index (χ1n) is 7.93. The molecule has 0 radical (unpaired) electrons. The topological polar surface area (TPSA) is 105 Å². The molecule has 2 amide bonds. The van der Waals surface area contributed by atoms with Crippen molar-refractivity contribution in [2.45, 2.75) is 46.2 Å². The molecule has 2 atom stereocenters. The maximum Gasteiger partial charge on any atom is 0.407 e. The Labute approximate surface area is 140 Å². The monoisotopic (exact) mass is 336 g/mol. The highest BCUT2D eigenvalue weighted by molar-refractivity contribution is 5.95. The van der Waals surface area contributed by atoms with Gasteiger partial charge in [0.1, 0.15) is 5.69 Å². The van der Waals surface area contributed by atoms with Gasteiger partial charge in [-0.3, -0.25) is 9.59 Å². The largest absolute Gasteiger partial charge is 0.465 e. The fraction of sp³-hybridized carbons (Fsp3) is 0.625. The quantitative estimate of drug-likeness (QED) is 0.807. The molecule has 1 aromatic rings. The number of carbonyl (C=O) groups is 3. The molecule has 1 saturated heterocycles. The Morgan fingerprint density at radius 3 is 2.50 bits per heavy atom. The summed E-state index contributed by atoms with van der Waals surface area (Å²) in [5, 5.41) is 12.2. The van der Waals surface area contributed by atoms with E-state index in [9.17, 15) is 19.5 Å². The van der Waals surface area contributed by atoms with Crippen LogP contribution in [0.15, 0.2) is 0 Å². The molecule has 1 aliphatic heterocycles. The van der Waals surface area contributed by atoms with Crippen LogP contribution in [-0.2, 0) is 13.5 Å². The van der Waals surface area contributed by atoms with Crippen molar-refractivity contribution in [3.05, 3.63) is 17.2 Å². The van der Waals surface area contributed by atoms with Gasteiger partial charge in [-0.2, -0.15) is 0 Å². The Balaban J connectivity index is 2.23. The Kier molecular flexibility index (Phi) is 4.68. The van der Waals surface area contributed by atoms with Crippen molar-refractivity contribution >= 4 is 18.3 Å². The number of nitrogens with zero attached hydrogens (tertiary/aromatic N) is 3. The zero-order valence-corrected chi connectivity index (χ0v) is 14.7. The molecular weight excluding hydrogens is 312 g/mol. The van der Waals surface area contributed by atoms with E-state index in [4.69, 9.17) is 0 Å². The number of carboxylic acid groups (broad SMARTS) is 1. The lowest BCUT2D eigenvalue weighted by Crippen LogP contribution is -2.71. The van der Waals surface area contributed by atoms with E-state index in [1.165, 1.54) is 9.47 Å². The number of hydrogen-bond donors (Lipinski definition) is 2. The molecule has 0 saturated carbocycles. The van der Waals surface area contributed by atoms with Gasteiger partial charge in [-0.1, -0.05) is 27.7 Å². The highest BCUT2D eigenvalue weighted by Gasteiger charge is 2.49. The van der Waals surface area contributed by atoms with E-state index < -0.39 is 6.09 Å². The number of likely N-dealkylation sites (tertiary alicyclic amines) is 1. The summed E-state index contributed by atoms with van der Waals surface area (Å²) in [6.45, 7) is 7.94. The molecule has 0 bridgehead atoms. The van der Waals surface area contributed by atoms with E-state index in [1.807, 2.05) is 27.7 Å². The Morgan fingerprint density at radius 2 is 2.04 bits per heavy atom. The van der Waals surface area contributed by atoms with Crippen molar-refractivity contribution < 1.29 is 19.5 Å². The number of imidazole rings is 1. The van der Waals surface area contributed by atoms with E-state index in [0.29, 0.717) is 24.1 Å². The van der Waals surface area contributed by atoms with Crippen molar-refractivity contribution in [1.29, 1.82) is 0 Å². The van der Waals surface area contributed by atoms with Crippen LogP contribution < -0.4 is 5.32 Å². The first-order valence-corrected chi connectivity index (χ1v) is 7.93. The molecule has 2 N–H and O–H groups in total. The number of aldehydes is 1. The molecule has 1 aromatic heterocycles. The lowest BCUT2D eigenvalue weighted by Gasteiger charge is -2.52. The summed E-state index contributed by atoms with van der Waals surface area (Å²) in [6, 6.07) is -0.573. The van der Waals surface area contributed by atoms with E-state index >= 15 is 0 Å². The zero-order valence-electron chi connectivity index (χ0n) is 14.7. The van der Waals surface area contributed by atoms with Gasteiger partial charge in [-0.05, 0) is 11.8 Å². The number of aryl methyl sites for hydroxylation is 1. The predicted octanol–water partition coefficient (Wildman–Crippen LogP) is 1.30. The fourth-order valence-electron chi connectivity index (χ4n) is 3.34. The van der Waals surface area contributed by atoms with Crippen LogP contribution in [0.25, 0.3) is 0 Å². The number of aromatic nitrogens is 2. The molecule has 1 aliphatic rings. The highest BCUT2D eigenvalue weighted by atomic mass is 16.4. The minimum absolute atomic E-state index is 0.199. The minimum atomic E-state index is -0.988. The van der Waals surface area contributed by atoms with Crippen LogP contribution in [0.4, 0.5) is 4.79 Å². The highest BCUT2D eigenvalue weighted by Crippen LogP contribution is 2.34. The van der Waals surface area contributed by atoms with Gasteiger partial charge in [0.15, 0.2) is 12.1 Å². The first kappa shape index (κ1) is 18.0. The molecule has 132 valence electrons. The molecule has 2 unspecified atom stereocenters. The standard InChI is InChI=1S/C16H24N4O4/c1-6-9-12(19(5)11(8-21)17-9)14(22)18-10-7-20(15(23)24)13(10)16(2,3)4/h8,10,13H,6-7H2,1-5H3,(H,18,22)(H,23,24). The second-order valence-electron chi connectivity index (χ2n) is 7.12. The average Bonchev–Trinajstić information content (AvgIpc) is 2.76. The van der Waals surface area contributed by atoms with Crippen LogP contribution >= 0.6 is 0 Å². The maximum atomic E-state index is 12.7. The number of hydrogen-bond acceptors (Lipinski definition) is 4. The second kappa shape index (κ2) is 6.26. The summed E-state index contributed by atoms with van der Waals surface area (Å²) in [7, 11) is 1.62. The van der Waals surface area contributed by atoms with Gasteiger partial charge in [-0.15, -0.1) is 0 Å². The van der Waals surface area contributed by atoms with Crippen LogP contribution in [0.3, 0.4) is 0 Å². The molecule has 24 heavy (non-hydrogen) atoms. The molecule has 2 rings (SSSR count). The van der Waals surface area contributed by atoms with Crippen LogP contribution in [0.2, 0.25) is 0 Å². The number of carbonyl (C=O) groups excluding carboxylic acids is 2. The first-order chi connectivity index (χ1) is 11.1. The molecule has 1 fully saturated rings. The van der Waals surface area contributed by atoms with Gasteiger partial charge in [0.05, 0.1) is 17.8 Å². The van der Waals surface area contributed by atoms with Crippen molar-refractivity contribution in [2.75, 3.05) is 6.54 Å². The van der Waals surface area contributed by atoms with Crippen LogP contribution in [0.1, 0.15) is 54.5 Å². The molecular formula is C16H24N4O4. The second-order valence-corrected chi connectivity index (χ2v) is 7.12. The lowest BCUT2D eigenvalue weighted by molar-refractivity contribution is -0.0108.